The molecule has 0 unspecified atom stereocenters. The van der Waals surface area contributed by atoms with Gasteiger partial charge in [-0.2, -0.15) is 5.10 Å². The van der Waals surface area contributed by atoms with Crippen LogP contribution in [0.25, 0.3) is 5.69 Å². The number of ether oxygens (including phenoxy) is 1. The van der Waals surface area contributed by atoms with Crippen LogP contribution in [-0.4, -0.2) is 37.9 Å². The molecule has 2 atom stereocenters. The van der Waals surface area contributed by atoms with Crippen LogP contribution in [0.3, 0.4) is 0 Å². The highest BCUT2D eigenvalue weighted by molar-refractivity contribution is 6.01. The summed E-state index contributed by atoms with van der Waals surface area (Å²) in [5.41, 5.74) is 4.66. The van der Waals surface area contributed by atoms with Gasteiger partial charge in [0, 0.05) is 19.3 Å². The van der Waals surface area contributed by atoms with Gasteiger partial charge < -0.3 is 14.7 Å². The van der Waals surface area contributed by atoms with Gasteiger partial charge in [0.05, 0.1) is 23.0 Å². The van der Waals surface area contributed by atoms with Crippen molar-refractivity contribution in [2.75, 3.05) is 0 Å². The van der Waals surface area contributed by atoms with Gasteiger partial charge in [0.1, 0.15) is 11.9 Å². The molecule has 160 valence electrons. The van der Waals surface area contributed by atoms with E-state index in [4.69, 9.17) is 4.74 Å². The first-order chi connectivity index (χ1) is 15.1. The first-order valence-electron chi connectivity index (χ1n) is 11.0. The molecular weight excluding hydrogens is 390 g/mol. The zero-order valence-electron chi connectivity index (χ0n) is 17.7. The van der Waals surface area contributed by atoms with Crippen molar-refractivity contribution in [2.24, 2.45) is 0 Å². The molecule has 2 heterocycles. The second-order valence-corrected chi connectivity index (χ2v) is 8.53. The Bertz CT molecular complexity index is 1090. The lowest BCUT2D eigenvalue weighted by molar-refractivity contribution is 0.00636. The maximum atomic E-state index is 13.2. The number of benzene rings is 2. The van der Waals surface area contributed by atoms with E-state index in [-0.39, 0.29) is 12.0 Å². The predicted octanol–water partition coefficient (Wildman–Crippen LogP) is 4.02. The highest BCUT2D eigenvalue weighted by Crippen LogP contribution is 2.34. The lowest BCUT2D eigenvalue weighted by atomic mass is 9.94. The van der Waals surface area contributed by atoms with E-state index in [1.54, 1.807) is 0 Å². The van der Waals surface area contributed by atoms with Crippen LogP contribution in [0.1, 0.15) is 52.9 Å². The minimum absolute atomic E-state index is 0.0114. The molecule has 1 fully saturated rings. The summed E-state index contributed by atoms with van der Waals surface area (Å²) >= 11 is 0. The third-order valence-corrected chi connectivity index (χ3v) is 6.22. The molecule has 0 bridgehead atoms. The van der Waals surface area contributed by atoms with E-state index in [1.807, 2.05) is 71.2 Å². The summed E-state index contributed by atoms with van der Waals surface area (Å²) in [5.74, 6) is 0.586. The fraction of sp³-hybridized carbons (Fsp3) is 0.360. The number of amides is 1. The van der Waals surface area contributed by atoms with Crippen LogP contribution < -0.4 is 4.74 Å². The minimum atomic E-state index is -0.464. The molecule has 0 spiro atoms. The fourth-order valence-corrected chi connectivity index (χ4v) is 4.52. The molecule has 3 aromatic rings. The predicted molar refractivity (Wildman–Crippen MR) is 117 cm³/mol. The molecule has 1 aliphatic heterocycles. The van der Waals surface area contributed by atoms with Gasteiger partial charge in [0.15, 0.2) is 0 Å². The molecule has 31 heavy (non-hydrogen) atoms. The summed E-state index contributed by atoms with van der Waals surface area (Å²) in [7, 11) is 0. The summed E-state index contributed by atoms with van der Waals surface area (Å²) < 4.78 is 7.99. The highest BCUT2D eigenvalue weighted by atomic mass is 16.5. The zero-order chi connectivity index (χ0) is 21.4. The largest absolute Gasteiger partial charge is 0.487 e. The third kappa shape index (κ3) is 3.95. The summed E-state index contributed by atoms with van der Waals surface area (Å²) in [6, 6.07) is 15.9. The first kappa shape index (κ1) is 19.8. The first-order valence-corrected chi connectivity index (χ1v) is 11.0. The Balaban J connectivity index is 1.31. The Morgan fingerprint density at radius 1 is 1.10 bits per heavy atom. The van der Waals surface area contributed by atoms with Crippen molar-refractivity contribution in [3.05, 3.63) is 77.1 Å². The monoisotopic (exact) mass is 417 g/mol. The number of nitrogens with zero attached hydrogens (tertiary/aromatic N) is 3. The van der Waals surface area contributed by atoms with Gasteiger partial charge in [-0.25, -0.2) is 4.68 Å². The second kappa shape index (κ2) is 8.19. The summed E-state index contributed by atoms with van der Waals surface area (Å²) in [6.45, 7) is 3.07. The number of aliphatic hydroxyl groups excluding tert-OH is 1. The summed E-state index contributed by atoms with van der Waals surface area (Å²) in [6.07, 6.45) is 4.90. The molecule has 1 aromatic heterocycles. The Kier molecular flexibility index (Phi) is 5.24. The van der Waals surface area contributed by atoms with Gasteiger partial charge in [-0.05, 0) is 61.6 Å². The molecule has 5 rings (SSSR count). The molecule has 0 radical (unpaired) electrons. The Morgan fingerprint density at radius 2 is 1.90 bits per heavy atom. The molecule has 1 saturated carbocycles. The number of aromatic nitrogens is 2. The lowest BCUT2D eigenvalue weighted by Gasteiger charge is -2.28. The molecule has 2 aromatic carbocycles. The van der Waals surface area contributed by atoms with E-state index in [1.165, 1.54) is 0 Å². The number of carbonyl (C=O) groups excluding carboxylic acids is 1. The maximum absolute atomic E-state index is 13.2. The summed E-state index contributed by atoms with van der Waals surface area (Å²) in [4.78, 5) is 15.1. The van der Waals surface area contributed by atoms with Crippen LogP contribution in [-0.2, 0) is 13.1 Å². The fourth-order valence-electron chi connectivity index (χ4n) is 4.52. The van der Waals surface area contributed by atoms with Crippen molar-refractivity contribution >= 4 is 5.91 Å². The van der Waals surface area contributed by atoms with Crippen LogP contribution in [0.4, 0.5) is 0 Å². The van der Waals surface area contributed by atoms with Gasteiger partial charge in [0.2, 0.25) is 0 Å². The molecule has 6 heteroatoms. The van der Waals surface area contributed by atoms with Gasteiger partial charge in [-0.15, -0.1) is 0 Å². The van der Waals surface area contributed by atoms with Crippen molar-refractivity contribution in [1.29, 1.82) is 0 Å². The van der Waals surface area contributed by atoms with Gasteiger partial charge in [-0.1, -0.05) is 30.7 Å². The molecule has 1 N–H and O–H groups in total. The minimum Gasteiger partial charge on any atom is -0.487 e. The van der Waals surface area contributed by atoms with Crippen LogP contribution in [0, 0.1) is 6.92 Å². The smallest absolute Gasteiger partial charge is 0.258 e. The van der Waals surface area contributed by atoms with Crippen LogP contribution in [0.2, 0.25) is 0 Å². The maximum Gasteiger partial charge on any atom is 0.258 e. The van der Waals surface area contributed by atoms with E-state index in [0.29, 0.717) is 24.4 Å². The number of hydrogen-bond donors (Lipinski definition) is 1. The molecule has 1 amide bonds. The van der Waals surface area contributed by atoms with Gasteiger partial charge >= 0.3 is 0 Å². The SMILES string of the molecule is Cc1ccn(-c2ccc(CN3Cc4cccc(O[C@H]5CCCC[C@@H]5O)c4C3=O)cc2)n1. The standard InChI is InChI=1S/C25H27N3O3/c1-17-13-14-28(26-17)20-11-9-18(10-12-20)15-27-16-19-5-4-8-23(24(19)25(27)30)31-22-7-3-2-6-21(22)29/h4-5,8-14,21-22,29H,2-3,6-7,15-16H2,1H3/t21-,22-/m0/s1. The summed E-state index contributed by atoms with van der Waals surface area (Å²) in [5, 5.41) is 14.7. The van der Waals surface area contributed by atoms with Crippen molar-refractivity contribution in [2.45, 2.75) is 57.9 Å². The van der Waals surface area contributed by atoms with Crippen molar-refractivity contribution in [3.63, 3.8) is 0 Å². The van der Waals surface area contributed by atoms with Crippen LogP contribution in [0.15, 0.2) is 54.7 Å². The molecule has 2 aliphatic rings. The van der Waals surface area contributed by atoms with Crippen LogP contribution >= 0.6 is 0 Å². The van der Waals surface area contributed by atoms with Crippen molar-refractivity contribution in [1.82, 2.24) is 14.7 Å². The van der Waals surface area contributed by atoms with E-state index >= 15 is 0 Å². The van der Waals surface area contributed by atoms with Crippen molar-refractivity contribution in [3.8, 4) is 11.4 Å². The highest BCUT2D eigenvalue weighted by Gasteiger charge is 2.33. The van der Waals surface area contributed by atoms with E-state index in [0.717, 1.165) is 48.2 Å². The van der Waals surface area contributed by atoms with Gasteiger partial charge in [0.25, 0.3) is 5.91 Å². The normalized spacial score (nSPS) is 20.7. The zero-order valence-corrected chi connectivity index (χ0v) is 17.7. The Labute approximate surface area is 182 Å². The number of hydrogen-bond acceptors (Lipinski definition) is 4. The number of rotatable bonds is 5. The number of aryl methyl sites for hydroxylation is 1. The Morgan fingerprint density at radius 3 is 2.65 bits per heavy atom. The third-order valence-electron chi connectivity index (χ3n) is 6.22. The van der Waals surface area contributed by atoms with Gasteiger partial charge in [-0.3, -0.25) is 4.79 Å². The molecular formula is C25H27N3O3. The molecule has 6 nitrogen and oxygen atoms in total. The molecule has 0 saturated heterocycles. The van der Waals surface area contributed by atoms with Crippen molar-refractivity contribution < 1.29 is 14.6 Å². The lowest BCUT2D eigenvalue weighted by Crippen LogP contribution is -2.35. The topological polar surface area (TPSA) is 67.6 Å². The molecule has 1 aliphatic carbocycles. The number of fused-ring (bicyclic) bond motifs is 1. The Hall–Kier alpha value is -3.12. The van der Waals surface area contributed by atoms with E-state index in [2.05, 4.69) is 5.10 Å². The van der Waals surface area contributed by atoms with Crippen LogP contribution in [0.5, 0.6) is 5.75 Å². The number of carbonyl (C=O) groups is 1. The van der Waals surface area contributed by atoms with E-state index < -0.39 is 6.10 Å². The quantitative estimate of drug-likeness (QED) is 0.681. The second-order valence-electron chi connectivity index (χ2n) is 8.53. The average Bonchev–Trinajstić information content (AvgIpc) is 3.34. The number of aliphatic hydroxyl groups is 1. The average molecular weight is 418 g/mol. The van der Waals surface area contributed by atoms with E-state index in [9.17, 15) is 9.90 Å².